The summed E-state index contributed by atoms with van der Waals surface area (Å²) in [4.78, 5) is 23.5. The molecule has 0 saturated carbocycles. The van der Waals surface area contributed by atoms with Gasteiger partial charge in [0.2, 0.25) is 0 Å². The molecule has 0 bridgehead atoms. The Bertz CT molecular complexity index is 661. The molecule has 0 saturated heterocycles. The number of rotatable bonds is 3. The van der Waals surface area contributed by atoms with E-state index in [2.05, 4.69) is 15.2 Å². The molecule has 6 heteroatoms. The van der Waals surface area contributed by atoms with E-state index in [0.29, 0.717) is 16.9 Å². The maximum absolute atomic E-state index is 12.1. The molecular weight excluding hydrogens is 258 g/mol. The Balaban J connectivity index is 2.20. The van der Waals surface area contributed by atoms with Crippen LogP contribution in [0.3, 0.4) is 0 Å². The minimum atomic E-state index is -0.447. The zero-order valence-corrected chi connectivity index (χ0v) is 11.5. The van der Waals surface area contributed by atoms with Crippen LogP contribution in [0.2, 0.25) is 0 Å². The summed E-state index contributed by atoms with van der Waals surface area (Å²) in [5.74, 6) is -0.729. The molecule has 0 spiro atoms. The average Bonchev–Trinajstić information content (AvgIpc) is 2.77. The van der Waals surface area contributed by atoms with E-state index >= 15 is 0 Å². The van der Waals surface area contributed by atoms with Crippen molar-refractivity contribution in [2.24, 2.45) is 7.05 Å². The molecule has 1 heterocycles. The number of amides is 1. The summed E-state index contributed by atoms with van der Waals surface area (Å²) >= 11 is 0. The molecule has 2 aromatic rings. The topological polar surface area (TPSA) is 73.2 Å². The zero-order chi connectivity index (χ0) is 14.7. The maximum Gasteiger partial charge on any atom is 0.337 e. The van der Waals surface area contributed by atoms with Crippen molar-refractivity contribution >= 4 is 17.6 Å². The van der Waals surface area contributed by atoms with Gasteiger partial charge in [-0.25, -0.2) is 4.79 Å². The molecule has 0 aliphatic carbocycles. The van der Waals surface area contributed by atoms with Crippen molar-refractivity contribution in [3.63, 3.8) is 0 Å². The van der Waals surface area contributed by atoms with E-state index in [1.54, 1.807) is 37.4 Å². The molecule has 1 amide bonds. The smallest absolute Gasteiger partial charge is 0.337 e. The highest BCUT2D eigenvalue weighted by molar-refractivity contribution is 6.03. The lowest BCUT2D eigenvalue weighted by molar-refractivity contribution is 0.0600. The number of ether oxygens (including phenoxy) is 1. The van der Waals surface area contributed by atoms with E-state index in [9.17, 15) is 9.59 Å². The fourth-order valence-corrected chi connectivity index (χ4v) is 1.86. The minimum absolute atomic E-state index is 0.282. The number of esters is 1. The molecule has 0 unspecified atom stereocenters. The van der Waals surface area contributed by atoms with Crippen LogP contribution in [0.5, 0.6) is 0 Å². The first-order chi connectivity index (χ1) is 9.51. The summed E-state index contributed by atoms with van der Waals surface area (Å²) in [5, 5.41) is 6.84. The van der Waals surface area contributed by atoms with Gasteiger partial charge < -0.3 is 10.1 Å². The van der Waals surface area contributed by atoms with Gasteiger partial charge in [0.15, 0.2) is 0 Å². The Morgan fingerprint density at radius 1 is 1.30 bits per heavy atom. The largest absolute Gasteiger partial charge is 0.465 e. The normalized spacial score (nSPS) is 10.2. The molecule has 1 aromatic heterocycles. The minimum Gasteiger partial charge on any atom is -0.465 e. The van der Waals surface area contributed by atoms with Crippen LogP contribution in [-0.4, -0.2) is 28.8 Å². The second kappa shape index (κ2) is 5.56. The van der Waals surface area contributed by atoms with Crippen molar-refractivity contribution in [2.45, 2.75) is 6.92 Å². The first-order valence-corrected chi connectivity index (χ1v) is 6.01. The van der Waals surface area contributed by atoms with E-state index in [1.165, 1.54) is 11.8 Å². The van der Waals surface area contributed by atoms with E-state index in [4.69, 9.17) is 0 Å². The third-order valence-electron chi connectivity index (χ3n) is 2.78. The Morgan fingerprint density at radius 2 is 2.05 bits per heavy atom. The lowest BCUT2D eigenvalue weighted by Gasteiger charge is -2.06. The standard InChI is InChI=1S/C14H15N3O3/c1-9-7-12(17(2)16-9)13(18)15-11-6-4-5-10(8-11)14(19)20-3/h4-8H,1-3H3,(H,15,18). The second-order valence-corrected chi connectivity index (χ2v) is 4.32. The monoisotopic (exact) mass is 273 g/mol. The van der Waals surface area contributed by atoms with Gasteiger partial charge in [-0.15, -0.1) is 0 Å². The van der Waals surface area contributed by atoms with Gasteiger partial charge in [0.1, 0.15) is 5.69 Å². The van der Waals surface area contributed by atoms with Crippen LogP contribution in [0.4, 0.5) is 5.69 Å². The number of hydrogen-bond acceptors (Lipinski definition) is 4. The molecule has 0 aliphatic heterocycles. The molecule has 6 nitrogen and oxygen atoms in total. The predicted molar refractivity (Wildman–Crippen MR) is 73.7 cm³/mol. The first-order valence-electron chi connectivity index (χ1n) is 6.01. The molecule has 0 fully saturated rings. The number of carbonyl (C=O) groups excluding carboxylic acids is 2. The number of methoxy groups -OCH3 is 1. The summed E-state index contributed by atoms with van der Waals surface area (Å²) < 4.78 is 6.15. The van der Waals surface area contributed by atoms with Crippen molar-refractivity contribution in [3.8, 4) is 0 Å². The third kappa shape index (κ3) is 2.85. The molecular formula is C14H15N3O3. The van der Waals surface area contributed by atoms with Crippen LogP contribution >= 0.6 is 0 Å². The van der Waals surface area contributed by atoms with Crippen LogP contribution < -0.4 is 5.32 Å². The van der Waals surface area contributed by atoms with E-state index in [-0.39, 0.29) is 5.91 Å². The second-order valence-electron chi connectivity index (χ2n) is 4.32. The lowest BCUT2D eigenvalue weighted by atomic mass is 10.2. The van der Waals surface area contributed by atoms with Crippen molar-refractivity contribution in [3.05, 3.63) is 47.3 Å². The zero-order valence-electron chi connectivity index (χ0n) is 11.5. The number of carbonyl (C=O) groups is 2. The van der Waals surface area contributed by atoms with Crippen molar-refractivity contribution < 1.29 is 14.3 Å². The summed E-state index contributed by atoms with van der Waals surface area (Å²) in [7, 11) is 3.01. The predicted octanol–water partition coefficient (Wildman–Crippen LogP) is 1.77. The van der Waals surface area contributed by atoms with Crippen LogP contribution in [0, 0.1) is 6.92 Å². The van der Waals surface area contributed by atoms with E-state index in [0.717, 1.165) is 5.69 Å². The maximum atomic E-state index is 12.1. The number of aryl methyl sites for hydroxylation is 2. The Morgan fingerprint density at radius 3 is 2.65 bits per heavy atom. The van der Waals surface area contributed by atoms with Gasteiger partial charge in [0.05, 0.1) is 18.4 Å². The van der Waals surface area contributed by atoms with Crippen LogP contribution in [0.15, 0.2) is 30.3 Å². The lowest BCUT2D eigenvalue weighted by Crippen LogP contribution is -2.16. The van der Waals surface area contributed by atoms with Gasteiger partial charge in [-0.3, -0.25) is 9.48 Å². The Hall–Kier alpha value is -2.63. The van der Waals surface area contributed by atoms with Crippen LogP contribution in [0.1, 0.15) is 26.5 Å². The average molecular weight is 273 g/mol. The van der Waals surface area contributed by atoms with Crippen LogP contribution in [0.25, 0.3) is 0 Å². The number of aromatic nitrogens is 2. The summed E-state index contributed by atoms with van der Waals surface area (Å²) in [5.41, 5.74) is 2.12. The molecule has 0 radical (unpaired) electrons. The van der Waals surface area contributed by atoms with Gasteiger partial charge >= 0.3 is 5.97 Å². The number of hydrogen-bond donors (Lipinski definition) is 1. The highest BCUT2D eigenvalue weighted by Crippen LogP contribution is 2.13. The summed E-state index contributed by atoms with van der Waals surface area (Å²) in [6.45, 7) is 1.81. The Labute approximate surface area is 116 Å². The van der Waals surface area contributed by atoms with E-state index in [1.807, 2.05) is 6.92 Å². The highest BCUT2D eigenvalue weighted by Gasteiger charge is 2.13. The highest BCUT2D eigenvalue weighted by atomic mass is 16.5. The Kier molecular flexibility index (Phi) is 3.84. The molecule has 2 rings (SSSR count). The van der Waals surface area contributed by atoms with Crippen LogP contribution in [-0.2, 0) is 11.8 Å². The van der Waals surface area contributed by atoms with Gasteiger partial charge in [0, 0.05) is 12.7 Å². The quantitative estimate of drug-likeness (QED) is 0.865. The molecule has 20 heavy (non-hydrogen) atoms. The SMILES string of the molecule is COC(=O)c1cccc(NC(=O)c2cc(C)nn2C)c1. The van der Waals surface area contributed by atoms with Gasteiger partial charge in [-0.05, 0) is 31.2 Å². The molecule has 0 aliphatic rings. The van der Waals surface area contributed by atoms with Crippen molar-refractivity contribution in [2.75, 3.05) is 12.4 Å². The fraction of sp³-hybridized carbons (Fsp3) is 0.214. The van der Waals surface area contributed by atoms with Gasteiger partial charge in [0.25, 0.3) is 5.91 Å². The first kappa shape index (κ1) is 13.8. The van der Waals surface area contributed by atoms with Crippen molar-refractivity contribution in [1.29, 1.82) is 0 Å². The molecule has 1 aromatic carbocycles. The molecule has 104 valence electrons. The molecule has 1 N–H and O–H groups in total. The number of nitrogens with one attached hydrogen (secondary N) is 1. The number of nitrogens with zero attached hydrogens (tertiary/aromatic N) is 2. The molecule has 0 atom stereocenters. The van der Waals surface area contributed by atoms with Crippen molar-refractivity contribution in [1.82, 2.24) is 9.78 Å². The summed E-state index contributed by atoms with van der Waals surface area (Å²) in [6.07, 6.45) is 0. The summed E-state index contributed by atoms with van der Waals surface area (Å²) in [6, 6.07) is 8.26. The fourth-order valence-electron chi connectivity index (χ4n) is 1.86. The number of anilines is 1. The van der Waals surface area contributed by atoms with E-state index < -0.39 is 5.97 Å². The van der Waals surface area contributed by atoms with Gasteiger partial charge in [-0.2, -0.15) is 5.10 Å². The third-order valence-corrected chi connectivity index (χ3v) is 2.78. The number of benzene rings is 1. The van der Waals surface area contributed by atoms with Gasteiger partial charge in [-0.1, -0.05) is 6.07 Å².